The van der Waals surface area contributed by atoms with Crippen LogP contribution in [0.2, 0.25) is 0 Å². The summed E-state index contributed by atoms with van der Waals surface area (Å²) in [5, 5.41) is 0. The molecule has 2 aromatic carbocycles. The first-order chi connectivity index (χ1) is 13.9. The van der Waals surface area contributed by atoms with Gasteiger partial charge in [0.1, 0.15) is 11.8 Å². The average Bonchev–Trinajstić information content (AvgIpc) is 3.19. The van der Waals surface area contributed by atoms with Crippen molar-refractivity contribution in [2.75, 3.05) is 31.2 Å². The van der Waals surface area contributed by atoms with Gasteiger partial charge in [0.15, 0.2) is 5.58 Å². The Balaban J connectivity index is 1.39. The second-order valence-electron chi connectivity index (χ2n) is 7.11. The molecule has 5 rings (SSSR count). The van der Waals surface area contributed by atoms with Crippen molar-refractivity contribution < 1.29 is 9.15 Å². The van der Waals surface area contributed by atoms with E-state index in [9.17, 15) is 0 Å². The Labute approximate surface area is 164 Å². The standard InChI is InChI=1S/C24H22N2O2/c1-2-4-19(5-3-1)22-17-28-23-11-8-20(25-24(22)23)16-18-6-9-21(10-7-18)26-12-14-27-15-13-26/h1-11,17H,12-16H2. The molecule has 4 aromatic rings. The van der Waals surface area contributed by atoms with Gasteiger partial charge in [-0.25, -0.2) is 4.98 Å². The highest BCUT2D eigenvalue weighted by atomic mass is 16.5. The Morgan fingerprint density at radius 2 is 1.64 bits per heavy atom. The van der Waals surface area contributed by atoms with Crippen molar-refractivity contribution in [3.63, 3.8) is 0 Å². The summed E-state index contributed by atoms with van der Waals surface area (Å²) in [6.45, 7) is 3.53. The molecule has 1 saturated heterocycles. The number of hydrogen-bond donors (Lipinski definition) is 0. The van der Waals surface area contributed by atoms with E-state index in [-0.39, 0.29) is 0 Å². The van der Waals surface area contributed by atoms with Gasteiger partial charge >= 0.3 is 0 Å². The first-order valence-electron chi connectivity index (χ1n) is 9.71. The molecule has 4 nitrogen and oxygen atoms in total. The lowest BCUT2D eigenvalue weighted by Gasteiger charge is -2.28. The number of hydrogen-bond acceptors (Lipinski definition) is 4. The Bertz CT molecular complexity index is 1060. The van der Waals surface area contributed by atoms with E-state index in [1.54, 1.807) is 6.26 Å². The van der Waals surface area contributed by atoms with Crippen LogP contribution in [0.15, 0.2) is 77.4 Å². The highest BCUT2D eigenvalue weighted by Crippen LogP contribution is 2.29. The maximum absolute atomic E-state index is 5.71. The van der Waals surface area contributed by atoms with E-state index >= 15 is 0 Å². The van der Waals surface area contributed by atoms with Crippen LogP contribution in [0.3, 0.4) is 0 Å². The number of anilines is 1. The molecule has 1 aliphatic heterocycles. The van der Waals surface area contributed by atoms with Gasteiger partial charge in [-0.3, -0.25) is 0 Å². The largest absolute Gasteiger partial charge is 0.462 e. The molecule has 28 heavy (non-hydrogen) atoms. The van der Waals surface area contributed by atoms with E-state index in [4.69, 9.17) is 14.1 Å². The molecular formula is C24H22N2O2. The minimum atomic E-state index is 0.804. The summed E-state index contributed by atoms with van der Waals surface area (Å²) in [4.78, 5) is 7.27. The summed E-state index contributed by atoms with van der Waals surface area (Å²) in [6, 6.07) is 23.1. The maximum atomic E-state index is 5.71. The minimum absolute atomic E-state index is 0.804. The molecule has 140 valence electrons. The van der Waals surface area contributed by atoms with Crippen LogP contribution in [0.5, 0.6) is 0 Å². The van der Waals surface area contributed by atoms with E-state index in [0.29, 0.717) is 0 Å². The van der Waals surface area contributed by atoms with Gasteiger partial charge in [-0.05, 0) is 35.4 Å². The lowest BCUT2D eigenvalue weighted by atomic mass is 10.1. The van der Waals surface area contributed by atoms with E-state index < -0.39 is 0 Å². The zero-order chi connectivity index (χ0) is 18.8. The van der Waals surface area contributed by atoms with Crippen LogP contribution in [0, 0.1) is 0 Å². The number of aromatic nitrogens is 1. The smallest absolute Gasteiger partial charge is 0.152 e. The number of pyridine rings is 1. The van der Waals surface area contributed by atoms with Crippen LogP contribution < -0.4 is 4.90 Å². The summed E-state index contributed by atoms with van der Waals surface area (Å²) in [7, 11) is 0. The predicted octanol–water partition coefficient (Wildman–Crippen LogP) is 4.92. The molecule has 0 N–H and O–H groups in total. The van der Waals surface area contributed by atoms with Crippen molar-refractivity contribution >= 4 is 16.8 Å². The summed E-state index contributed by atoms with van der Waals surface area (Å²) >= 11 is 0. The van der Waals surface area contributed by atoms with Gasteiger partial charge in [0.05, 0.1) is 13.2 Å². The molecule has 0 bridgehead atoms. The topological polar surface area (TPSA) is 38.5 Å². The minimum Gasteiger partial charge on any atom is -0.462 e. The molecule has 1 fully saturated rings. The zero-order valence-electron chi connectivity index (χ0n) is 15.7. The molecule has 0 radical (unpaired) electrons. The molecule has 3 heterocycles. The fraction of sp³-hybridized carbons (Fsp3) is 0.208. The monoisotopic (exact) mass is 370 g/mol. The van der Waals surface area contributed by atoms with Crippen LogP contribution in [-0.2, 0) is 11.2 Å². The zero-order valence-corrected chi connectivity index (χ0v) is 15.7. The van der Waals surface area contributed by atoms with Crippen molar-refractivity contribution in [1.82, 2.24) is 4.98 Å². The molecule has 0 aliphatic carbocycles. The maximum Gasteiger partial charge on any atom is 0.152 e. The normalized spacial score (nSPS) is 14.5. The third-order valence-corrected chi connectivity index (χ3v) is 5.26. The van der Waals surface area contributed by atoms with Crippen LogP contribution >= 0.6 is 0 Å². The summed E-state index contributed by atoms with van der Waals surface area (Å²) in [5.74, 6) is 0. The first-order valence-corrected chi connectivity index (χ1v) is 9.71. The van der Waals surface area contributed by atoms with Crippen molar-refractivity contribution in [3.05, 3.63) is 84.3 Å². The molecule has 0 saturated carbocycles. The third-order valence-electron chi connectivity index (χ3n) is 5.26. The lowest BCUT2D eigenvalue weighted by Crippen LogP contribution is -2.36. The van der Waals surface area contributed by atoms with Crippen molar-refractivity contribution in [3.8, 4) is 11.1 Å². The van der Waals surface area contributed by atoms with E-state index in [2.05, 4.69) is 47.4 Å². The summed E-state index contributed by atoms with van der Waals surface area (Å²) in [6.07, 6.45) is 2.60. The van der Waals surface area contributed by atoms with Crippen LogP contribution in [0.1, 0.15) is 11.3 Å². The Kier molecular flexibility index (Phi) is 4.55. The van der Waals surface area contributed by atoms with Crippen LogP contribution in [0.4, 0.5) is 5.69 Å². The van der Waals surface area contributed by atoms with Gasteiger partial charge in [0, 0.05) is 36.5 Å². The Morgan fingerprint density at radius 1 is 0.857 bits per heavy atom. The van der Waals surface area contributed by atoms with Crippen LogP contribution in [-0.4, -0.2) is 31.3 Å². The van der Waals surface area contributed by atoms with Gasteiger partial charge in [-0.15, -0.1) is 0 Å². The molecule has 0 unspecified atom stereocenters. The molecule has 0 amide bonds. The highest BCUT2D eigenvalue weighted by molar-refractivity contribution is 5.90. The third kappa shape index (κ3) is 3.39. The fourth-order valence-electron chi connectivity index (χ4n) is 3.73. The number of furan rings is 1. The van der Waals surface area contributed by atoms with Crippen molar-refractivity contribution in [2.24, 2.45) is 0 Å². The van der Waals surface area contributed by atoms with Crippen molar-refractivity contribution in [1.29, 1.82) is 0 Å². The molecule has 0 spiro atoms. The molecule has 1 aliphatic rings. The number of benzene rings is 2. The Morgan fingerprint density at radius 3 is 2.43 bits per heavy atom. The van der Waals surface area contributed by atoms with Gasteiger partial charge in [-0.2, -0.15) is 0 Å². The number of morpholine rings is 1. The van der Waals surface area contributed by atoms with E-state index in [1.807, 2.05) is 24.3 Å². The molecular weight excluding hydrogens is 348 g/mol. The molecule has 2 aromatic heterocycles. The molecule has 0 atom stereocenters. The van der Waals surface area contributed by atoms with Gasteiger partial charge in [0.25, 0.3) is 0 Å². The first kappa shape index (κ1) is 17.0. The number of nitrogens with zero attached hydrogens (tertiary/aromatic N) is 2. The van der Waals surface area contributed by atoms with E-state index in [1.165, 1.54) is 11.3 Å². The van der Waals surface area contributed by atoms with Crippen LogP contribution in [0.25, 0.3) is 22.2 Å². The number of ether oxygens (including phenoxy) is 1. The number of rotatable bonds is 4. The summed E-state index contributed by atoms with van der Waals surface area (Å²) in [5.41, 5.74) is 7.48. The Hall–Kier alpha value is -3.11. The highest BCUT2D eigenvalue weighted by Gasteiger charge is 2.12. The SMILES string of the molecule is c1ccc(-c2coc3ccc(Cc4ccc(N5CCOCC5)cc4)nc23)cc1. The van der Waals surface area contributed by atoms with Gasteiger partial charge < -0.3 is 14.1 Å². The lowest BCUT2D eigenvalue weighted by molar-refractivity contribution is 0.122. The quantitative estimate of drug-likeness (QED) is 0.511. The second-order valence-corrected chi connectivity index (χ2v) is 7.11. The van der Waals surface area contributed by atoms with Crippen molar-refractivity contribution in [2.45, 2.75) is 6.42 Å². The van der Waals surface area contributed by atoms with Gasteiger partial charge in [0.2, 0.25) is 0 Å². The van der Waals surface area contributed by atoms with E-state index in [0.717, 1.165) is 60.6 Å². The fourth-order valence-corrected chi connectivity index (χ4v) is 3.73. The number of fused-ring (bicyclic) bond motifs is 1. The second kappa shape index (κ2) is 7.49. The average molecular weight is 370 g/mol. The summed E-state index contributed by atoms with van der Waals surface area (Å²) < 4.78 is 11.1. The predicted molar refractivity (Wildman–Crippen MR) is 112 cm³/mol. The molecule has 4 heteroatoms. The van der Waals surface area contributed by atoms with Gasteiger partial charge in [-0.1, -0.05) is 42.5 Å².